The van der Waals surface area contributed by atoms with E-state index in [-0.39, 0.29) is 34.8 Å². The molecule has 2 aromatic rings. The third-order valence-electron chi connectivity index (χ3n) is 4.53. The van der Waals surface area contributed by atoms with Crippen LogP contribution in [0.5, 0.6) is 0 Å². The fraction of sp³-hybridized carbons (Fsp3) is 0.316. The second-order valence-electron chi connectivity index (χ2n) is 6.41. The van der Waals surface area contributed by atoms with E-state index in [1.165, 1.54) is 17.4 Å². The Balaban J connectivity index is 0.00000261. The molecule has 1 aliphatic rings. The maximum absolute atomic E-state index is 13.1. The van der Waals surface area contributed by atoms with Crippen LogP contribution in [0.3, 0.4) is 0 Å². The zero-order valence-corrected chi connectivity index (χ0v) is 17.0. The molecule has 1 fully saturated rings. The van der Waals surface area contributed by atoms with Crippen molar-refractivity contribution in [3.8, 4) is 0 Å². The van der Waals surface area contributed by atoms with Gasteiger partial charge < -0.3 is 10.2 Å². The number of hydrogen-bond donors (Lipinski definition) is 1. The highest BCUT2D eigenvalue weighted by molar-refractivity contribution is 7.92. The van der Waals surface area contributed by atoms with Crippen molar-refractivity contribution in [2.75, 3.05) is 31.0 Å². The Bertz CT molecular complexity index is 890. The van der Waals surface area contributed by atoms with Crippen LogP contribution in [0.4, 0.5) is 5.69 Å². The maximum atomic E-state index is 13.1. The fourth-order valence-corrected chi connectivity index (χ4v) is 4.46. The minimum absolute atomic E-state index is 0. The highest BCUT2D eigenvalue weighted by Gasteiger charge is 2.30. The molecule has 1 atom stereocenters. The van der Waals surface area contributed by atoms with Gasteiger partial charge in [-0.05, 0) is 31.2 Å². The lowest BCUT2D eigenvalue weighted by molar-refractivity contribution is 0.0705. The number of piperazine rings is 1. The van der Waals surface area contributed by atoms with E-state index in [1.54, 1.807) is 47.4 Å². The van der Waals surface area contributed by atoms with Crippen molar-refractivity contribution in [1.82, 2.24) is 10.2 Å². The summed E-state index contributed by atoms with van der Waals surface area (Å²) in [5, 5.41) is 3.28. The molecule has 146 valence electrons. The van der Waals surface area contributed by atoms with Gasteiger partial charge in [-0.25, -0.2) is 8.42 Å². The number of carbonyl (C=O) groups excluding carboxylic acids is 1. The normalized spacial score (nSPS) is 17.1. The molecule has 3 rings (SSSR count). The molecule has 1 heterocycles. The number of carbonyl (C=O) groups is 1. The molecule has 0 radical (unpaired) electrons. The fourth-order valence-electron chi connectivity index (χ4n) is 3.08. The zero-order chi connectivity index (χ0) is 18.7. The van der Waals surface area contributed by atoms with Gasteiger partial charge in [0.05, 0.1) is 11.3 Å². The Hall–Kier alpha value is -2.09. The number of sulfonamides is 1. The molecule has 6 nitrogen and oxygen atoms in total. The summed E-state index contributed by atoms with van der Waals surface area (Å²) in [7, 11) is -2.35. The smallest absolute Gasteiger partial charge is 0.264 e. The van der Waals surface area contributed by atoms with Gasteiger partial charge in [0.15, 0.2) is 0 Å². The van der Waals surface area contributed by atoms with Crippen LogP contribution in [0.1, 0.15) is 17.3 Å². The zero-order valence-electron chi connectivity index (χ0n) is 15.3. The molecule has 0 spiro atoms. The van der Waals surface area contributed by atoms with E-state index in [0.29, 0.717) is 25.3 Å². The third kappa shape index (κ3) is 4.43. The molecule has 1 N–H and O–H groups in total. The van der Waals surface area contributed by atoms with Crippen LogP contribution in [0, 0.1) is 0 Å². The molecule has 1 unspecified atom stereocenters. The van der Waals surface area contributed by atoms with Crippen molar-refractivity contribution in [2.24, 2.45) is 0 Å². The van der Waals surface area contributed by atoms with Gasteiger partial charge in [0.2, 0.25) is 0 Å². The first-order valence-electron chi connectivity index (χ1n) is 8.57. The number of amides is 1. The molecule has 1 aliphatic heterocycles. The number of rotatable bonds is 4. The molecule has 8 heteroatoms. The molecule has 0 bridgehead atoms. The van der Waals surface area contributed by atoms with E-state index >= 15 is 0 Å². The number of benzene rings is 2. The van der Waals surface area contributed by atoms with Crippen molar-refractivity contribution in [3.05, 3.63) is 60.2 Å². The largest absolute Gasteiger partial charge is 0.336 e. The SMILES string of the molecule is CC1CN(C(=O)c2ccccc2S(=O)(=O)N(C)c2ccccc2)CCN1.Cl. The quantitative estimate of drug-likeness (QED) is 0.841. The van der Waals surface area contributed by atoms with Crippen LogP contribution >= 0.6 is 12.4 Å². The summed E-state index contributed by atoms with van der Waals surface area (Å²) < 4.78 is 27.5. The minimum atomic E-state index is -3.85. The molecular formula is C19H24ClN3O3S. The number of hydrogen-bond acceptors (Lipinski definition) is 4. The van der Waals surface area contributed by atoms with Gasteiger partial charge in [0.25, 0.3) is 15.9 Å². The second kappa shape index (κ2) is 8.73. The Morgan fingerprint density at radius 2 is 1.74 bits per heavy atom. The monoisotopic (exact) mass is 409 g/mol. The first kappa shape index (κ1) is 21.2. The first-order valence-corrected chi connectivity index (χ1v) is 10.0. The van der Waals surface area contributed by atoms with Gasteiger partial charge in [-0.1, -0.05) is 30.3 Å². The van der Waals surface area contributed by atoms with Gasteiger partial charge in [-0.2, -0.15) is 0 Å². The number of halogens is 1. The lowest BCUT2D eigenvalue weighted by Crippen LogP contribution is -2.51. The average Bonchev–Trinajstić information content (AvgIpc) is 2.67. The maximum Gasteiger partial charge on any atom is 0.264 e. The van der Waals surface area contributed by atoms with Crippen LogP contribution < -0.4 is 9.62 Å². The van der Waals surface area contributed by atoms with Crippen LogP contribution in [0.25, 0.3) is 0 Å². The predicted molar refractivity (Wildman–Crippen MR) is 109 cm³/mol. The Labute approximate surface area is 166 Å². The lowest BCUT2D eigenvalue weighted by atomic mass is 10.1. The van der Waals surface area contributed by atoms with E-state index in [1.807, 2.05) is 13.0 Å². The summed E-state index contributed by atoms with van der Waals surface area (Å²) in [5.41, 5.74) is 0.759. The van der Waals surface area contributed by atoms with Crippen molar-refractivity contribution >= 4 is 34.0 Å². The van der Waals surface area contributed by atoms with E-state index in [4.69, 9.17) is 0 Å². The van der Waals surface area contributed by atoms with Gasteiger partial charge in [0, 0.05) is 32.7 Å². The summed E-state index contributed by atoms with van der Waals surface area (Å²) in [6, 6.07) is 15.4. The van der Waals surface area contributed by atoms with E-state index in [0.717, 1.165) is 0 Å². The number of nitrogens with zero attached hydrogens (tertiary/aromatic N) is 2. The molecule has 2 aromatic carbocycles. The molecule has 0 aliphatic carbocycles. The molecule has 1 amide bonds. The number of nitrogens with one attached hydrogen (secondary N) is 1. The highest BCUT2D eigenvalue weighted by atomic mass is 35.5. The van der Waals surface area contributed by atoms with Crippen molar-refractivity contribution < 1.29 is 13.2 Å². The molecule has 0 saturated carbocycles. The summed E-state index contributed by atoms with van der Waals surface area (Å²) in [6.07, 6.45) is 0. The van der Waals surface area contributed by atoms with Gasteiger partial charge in [0.1, 0.15) is 4.90 Å². The van der Waals surface area contributed by atoms with Crippen molar-refractivity contribution in [2.45, 2.75) is 17.9 Å². The van der Waals surface area contributed by atoms with E-state index in [9.17, 15) is 13.2 Å². The Morgan fingerprint density at radius 1 is 1.11 bits per heavy atom. The van der Waals surface area contributed by atoms with E-state index < -0.39 is 10.0 Å². The Morgan fingerprint density at radius 3 is 2.41 bits per heavy atom. The van der Waals surface area contributed by atoms with Crippen LogP contribution in [-0.2, 0) is 10.0 Å². The van der Waals surface area contributed by atoms with Crippen molar-refractivity contribution in [1.29, 1.82) is 0 Å². The highest BCUT2D eigenvalue weighted by Crippen LogP contribution is 2.25. The first-order chi connectivity index (χ1) is 12.4. The number of anilines is 1. The average molecular weight is 410 g/mol. The second-order valence-corrected chi connectivity index (χ2v) is 8.35. The summed E-state index contributed by atoms with van der Waals surface area (Å²) in [4.78, 5) is 14.7. The minimum Gasteiger partial charge on any atom is -0.336 e. The van der Waals surface area contributed by atoms with Crippen molar-refractivity contribution in [3.63, 3.8) is 0 Å². The lowest BCUT2D eigenvalue weighted by Gasteiger charge is -2.32. The van der Waals surface area contributed by atoms with Gasteiger partial charge in [-0.15, -0.1) is 12.4 Å². The summed E-state index contributed by atoms with van der Waals surface area (Å²) in [5.74, 6) is -0.251. The van der Waals surface area contributed by atoms with Crippen LogP contribution in [-0.4, -0.2) is 51.9 Å². The molecule has 0 aromatic heterocycles. The van der Waals surface area contributed by atoms with Crippen LogP contribution in [0.15, 0.2) is 59.5 Å². The Kier molecular flexibility index (Phi) is 6.86. The van der Waals surface area contributed by atoms with Gasteiger partial charge in [-0.3, -0.25) is 9.10 Å². The predicted octanol–water partition coefficient (Wildman–Crippen LogP) is 2.37. The standard InChI is InChI=1S/C19H23N3O3S.ClH/c1-15-14-22(13-12-20-15)19(23)17-10-6-7-11-18(17)26(24,25)21(2)16-8-4-3-5-9-16;/h3-11,15,20H,12-14H2,1-2H3;1H. The number of para-hydroxylation sites is 1. The summed E-state index contributed by atoms with van der Waals surface area (Å²) >= 11 is 0. The topological polar surface area (TPSA) is 69.7 Å². The molecule has 1 saturated heterocycles. The molecule has 27 heavy (non-hydrogen) atoms. The summed E-state index contributed by atoms with van der Waals surface area (Å²) in [6.45, 7) is 3.82. The molecular weight excluding hydrogens is 386 g/mol. The van der Waals surface area contributed by atoms with Crippen LogP contribution in [0.2, 0.25) is 0 Å². The third-order valence-corrected chi connectivity index (χ3v) is 6.38. The van der Waals surface area contributed by atoms with E-state index in [2.05, 4.69) is 5.32 Å². The van der Waals surface area contributed by atoms with Gasteiger partial charge >= 0.3 is 0 Å².